The summed E-state index contributed by atoms with van der Waals surface area (Å²) in [5.74, 6) is 1.33. The van der Waals surface area contributed by atoms with Gasteiger partial charge < -0.3 is 5.73 Å². The number of aromatic nitrogens is 4. The van der Waals surface area contributed by atoms with Gasteiger partial charge in [-0.2, -0.15) is 0 Å². The van der Waals surface area contributed by atoms with E-state index in [0.717, 1.165) is 23.5 Å². The number of anilines is 1. The molecular formula is C16H23N5. The molecule has 0 radical (unpaired) electrons. The maximum absolute atomic E-state index is 6.09. The van der Waals surface area contributed by atoms with E-state index in [2.05, 4.69) is 43.2 Å². The van der Waals surface area contributed by atoms with Gasteiger partial charge in [0.25, 0.3) is 0 Å². The summed E-state index contributed by atoms with van der Waals surface area (Å²) in [4.78, 5) is 0. The number of hydrogen-bond donors (Lipinski definition) is 1. The van der Waals surface area contributed by atoms with Crippen molar-refractivity contribution in [3.63, 3.8) is 0 Å². The quantitative estimate of drug-likeness (QED) is 0.880. The summed E-state index contributed by atoms with van der Waals surface area (Å²) in [7, 11) is 0. The molecule has 0 unspecified atom stereocenters. The lowest BCUT2D eigenvalue weighted by Crippen LogP contribution is -2.09. The number of aryl methyl sites for hydroxylation is 1. The molecule has 0 atom stereocenters. The molecule has 2 aromatic rings. The second-order valence-corrected chi connectivity index (χ2v) is 7.27. The van der Waals surface area contributed by atoms with Crippen LogP contribution in [0.25, 0.3) is 11.4 Å². The first-order chi connectivity index (χ1) is 9.75. The van der Waals surface area contributed by atoms with Crippen LogP contribution in [0.15, 0.2) is 18.2 Å². The first kappa shape index (κ1) is 14.0. The minimum absolute atomic E-state index is 0.314. The third-order valence-corrected chi connectivity index (χ3v) is 5.66. The minimum atomic E-state index is 0.314. The Hall–Kier alpha value is -1.91. The Balaban J connectivity index is 1.94. The molecule has 0 amide bonds. The van der Waals surface area contributed by atoms with Crippen LogP contribution in [0.1, 0.15) is 33.3 Å². The topological polar surface area (TPSA) is 69.6 Å². The zero-order valence-electron chi connectivity index (χ0n) is 13.4. The van der Waals surface area contributed by atoms with E-state index in [-0.39, 0.29) is 0 Å². The molecule has 21 heavy (non-hydrogen) atoms. The maximum Gasteiger partial charge on any atom is 0.184 e. The summed E-state index contributed by atoms with van der Waals surface area (Å²) in [5.41, 5.74) is 9.50. The summed E-state index contributed by atoms with van der Waals surface area (Å²) in [6.07, 6.45) is 0. The Kier molecular flexibility index (Phi) is 2.87. The van der Waals surface area contributed by atoms with Crippen molar-refractivity contribution in [3.8, 4) is 11.4 Å². The molecule has 0 aliphatic heterocycles. The van der Waals surface area contributed by atoms with Gasteiger partial charge in [-0.3, -0.25) is 0 Å². The van der Waals surface area contributed by atoms with Crippen LogP contribution in [-0.4, -0.2) is 20.2 Å². The molecule has 5 nitrogen and oxygen atoms in total. The van der Waals surface area contributed by atoms with Gasteiger partial charge in [-0.1, -0.05) is 39.3 Å². The Labute approximate surface area is 125 Å². The monoisotopic (exact) mass is 285 g/mol. The average Bonchev–Trinajstić information content (AvgIpc) is 2.76. The molecule has 112 valence electrons. The Morgan fingerprint density at radius 1 is 1.19 bits per heavy atom. The van der Waals surface area contributed by atoms with Crippen molar-refractivity contribution < 1.29 is 0 Å². The van der Waals surface area contributed by atoms with Gasteiger partial charge >= 0.3 is 0 Å². The van der Waals surface area contributed by atoms with Gasteiger partial charge in [-0.05, 0) is 46.2 Å². The van der Waals surface area contributed by atoms with Gasteiger partial charge in [0.2, 0.25) is 0 Å². The SMILES string of the molecule is Cc1ccc(N)c(-c2nnnn2CC2C(C)(C)C2(C)C)c1. The highest BCUT2D eigenvalue weighted by Gasteiger charge is 2.64. The Morgan fingerprint density at radius 3 is 2.48 bits per heavy atom. The summed E-state index contributed by atoms with van der Waals surface area (Å²) in [6, 6.07) is 5.95. The zero-order chi connectivity index (χ0) is 15.4. The lowest BCUT2D eigenvalue weighted by atomic mass is 10.0. The summed E-state index contributed by atoms with van der Waals surface area (Å²) >= 11 is 0. The predicted molar refractivity (Wildman–Crippen MR) is 83.5 cm³/mol. The fourth-order valence-electron chi connectivity index (χ4n) is 3.35. The number of tetrazole rings is 1. The Morgan fingerprint density at radius 2 is 1.86 bits per heavy atom. The molecule has 1 aromatic heterocycles. The lowest BCUT2D eigenvalue weighted by Gasteiger charge is -2.09. The van der Waals surface area contributed by atoms with Crippen molar-refractivity contribution in [3.05, 3.63) is 23.8 Å². The van der Waals surface area contributed by atoms with E-state index >= 15 is 0 Å². The van der Waals surface area contributed by atoms with E-state index < -0.39 is 0 Å². The fraction of sp³-hybridized carbons (Fsp3) is 0.562. The van der Waals surface area contributed by atoms with E-state index in [1.807, 2.05) is 29.8 Å². The molecular weight excluding hydrogens is 262 g/mol. The molecule has 1 saturated carbocycles. The van der Waals surface area contributed by atoms with E-state index in [9.17, 15) is 0 Å². The molecule has 0 saturated heterocycles. The first-order valence-corrected chi connectivity index (χ1v) is 7.38. The molecule has 2 N–H and O–H groups in total. The molecule has 3 rings (SSSR count). The van der Waals surface area contributed by atoms with Crippen molar-refractivity contribution in [2.24, 2.45) is 16.7 Å². The van der Waals surface area contributed by atoms with Crippen molar-refractivity contribution in [1.82, 2.24) is 20.2 Å². The van der Waals surface area contributed by atoms with Crippen LogP contribution in [0.2, 0.25) is 0 Å². The summed E-state index contributed by atoms with van der Waals surface area (Å²) in [6.45, 7) is 12.1. The van der Waals surface area contributed by atoms with Gasteiger partial charge in [0, 0.05) is 17.8 Å². The van der Waals surface area contributed by atoms with E-state index in [0.29, 0.717) is 22.4 Å². The van der Waals surface area contributed by atoms with Gasteiger partial charge in [0.1, 0.15) is 0 Å². The standard InChI is InChI=1S/C16H23N5/c1-10-6-7-12(17)11(8-10)14-18-19-20-21(14)9-13-15(2,3)16(13,4)5/h6-8,13H,9,17H2,1-5H3. The number of nitrogens with zero attached hydrogens (tertiary/aromatic N) is 4. The molecule has 0 bridgehead atoms. The molecule has 1 aromatic carbocycles. The van der Waals surface area contributed by atoms with Gasteiger partial charge in [-0.15, -0.1) is 5.10 Å². The van der Waals surface area contributed by atoms with Crippen molar-refractivity contribution in [2.45, 2.75) is 41.2 Å². The highest BCUT2D eigenvalue weighted by Crippen LogP contribution is 2.68. The minimum Gasteiger partial charge on any atom is -0.398 e. The van der Waals surface area contributed by atoms with Crippen LogP contribution in [0.4, 0.5) is 5.69 Å². The van der Waals surface area contributed by atoms with Crippen LogP contribution in [0.3, 0.4) is 0 Å². The molecule has 0 spiro atoms. The summed E-state index contributed by atoms with van der Waals surface area (Å²) in [5, 5.41) is 12.2. The number of rotatable bonds is 3. The number of hydrogen-bond acceptors (Lipinski definition) is 4. The fourth-order valence-corrected chi connectivity index (χ4v) is 3.35. The maximum atomic E-state index is 6.09. The van der Waals surface area contributed by atoms with Crippen LogP contribution >= 0.6 is 0 Å². The second kappa shape index (κ2) is 4.29. The molecule has 1 aliphatic carbocycles. The van der Waals surface area contributed by atoms with Crippen LogP contribution in [0, 0.1) is 23.7 Å². The number of nitrogen functional groups attached to an aromatic ring is 1. The largest absolute Gasteiger partial charge is 0.398 e. The van der Waals surface area contributed by atoms with E-state index in [4.69, 9.17) is 5.73 Å². The smallest absolute Gasteiger partial charge is 0.184 e. The van der Waals surface area contributed by atoms with Gasteiger partial charge in [-0.25, -0.2) is 4.68 Å². The van der Waals surface area contributed by atoms with E-state index in [1.165, 1.54) is 0 Å². The Bertz CT molecular complexity index is 670. The number of nitrogens with two attached hydrogens (primary N) is 1. The first-order valence-electron chi connectivity index (χ1n) is 7.38. The molecule has 1 aliphatic rings. The molecule has 1 fully saturated rings. The average molecular weight is 285 g/mol. The molecule has 5 heteroatoms. The van der Waals surface area contributed by atoms with Crippen LogP contribution in [-0.2, 0) is 6.54 Å². The van der Waals surface area contributed by atoms with Gasteiger partial charge in [0.15, 0.2) is 5.82 Å². The second-order valence-electron chi connectivity index (χ2n) is 7.27. The van der Waals surface area contributed by atoms with Gasteiger partial charge in [0.05, 0.1) is 0 Å². The van der Waals surface area contributed by atoms with Crippen LogP contribution < -0.4 is 5.73 Å². The lowest BCUT2D eigenvalue weighted by molar-refractivity contribution is 0.457. The molecule has 1 heterocycles. The zero-order valence-corrected chi connectivity index (χ0v) is 13.4. The predicted octanol–water partition coefficient (Wildman–Crippen LogP) is 2.91. The van der Waals surface area contributed by atoms with Crippen molar-refractivity contribution in [2.75, 3.05) is 5.73 Å². The van der Waals surface area contributed by atoms with Crippen LogP contribution in [0.5, 0.6) is 0 Å². The normalized spacial score (nSPS) is 19.7. The summed E-state index contributed by atoms with van der Waals surface area (Å²) < 4.78 is 1.90. The third kappa shape index (κ3) is 2.03. The van der Waals surface area contributed by atoms with E-state index in [1.54, 1.807) is 0 Å². The highest BCUT2D eigenvalue weighted by molar-refractivity contribution is 5.72. The highest BCUT2D eigenvalue weighted by atomic mass is 15.5. The third-order valence-electron chi connectivity index (χ3n) is 5.66. The van der Waals surface area contributed by atoms with Crippen molar-refractivity contribution >= 4 is 5.69 Å². The number of benzene rings is 1. The van der Waals surface area contributed by atoms with Crippen molar-refractivity contribution in [1.29, 1.82) is 0 Å².